The molecule has 19 heavy (non-hydrogen) atoms. The Morgan fingerprint density at radius 2 is 2.05 bits per heavy atom. The first-order valence-electron chi connectivity index (χ1n) is 6.60. The van der Waals surface area contributed by atoms with E-state index >= 15 is 0 Å². The number of hydrogen-bond donors (Lipinski definition) is 1. The maximum Gasteiger partial charge on any atom is 0.275 e. The SMILES string of the molecule is COc1cc(NCC2(C)CCCC2)cc([N+](=O)[O-])c1. The molecule has 5 nitrogen and oxygen atoms in total. The molecule has 0 saturated heterocycles. The molecule has 1 aromatic carbocycles. The number of non-ortho nitro benzene ring substituents is 1. The molecule has 1 N–H and O–H groups in total. The first kappa shape index (κ1) is 13.6. The van der Waals surface area contributed by atoms with Gasteiger partial charge in [0.15, 0.2) is 0 Å². The molecule has 1 fully saturated rings. The van der Waals surface area contributed by atoms with Crippen LogP contribution in [0.2, 0.25) is 0 Å². The molecule has 0 unspecified atom stereocenters. The second-order valence-corrected chi connectivity index (χ2v) is 5.55. The Morgan fingerprint density at radius 1 is 1.37 bits per heavy atom. The number of hydrogen-bond acceptors (Lipinski definition) is 4. The zero-order valence-corrected chi connectivity index (χ0v) is 11.4. The second kappa shape index (κ2) is 5.47. The van der Waals surface area contributed by atoms with E-state index in [4.69, 9.17) is 4.74 Å². The second-order valence-electron chi connectivity index (χ2n) is 5.55. The molecule has 0 spiro atoms. The number of ether oxygens (including phenoxy) is 1. The highest BCUT2D eigenvalue weighted by molar-refractivity contribution is 5.56. The van der Waals surface area contributed by atoms with Gasteiger partial charge in [-0.05, 0) is 18.3 Å². The quantitative estimate of drug-likeness (QED) is 0.652. The number of rotatable bonds is 5. The monoisotopic (exact) mass is 264 g/mol. The molecule has 104 valence electrons. The Balaban J connectivity index is 2.10. The lowest BCUT2D eigenvalue weighted by Crippen LogP contribution is -2.22. The molecule has 2 rings (SSSR count). The molecule has 0 radical (unpaired) electrons. The molecule has 1 saturated carbocycles. The van der Waals surface area contributed by atoms with Gasteiger partial charge in [-0.1, -0.05) is 19.8 Å². The number of nitrogens with one attached hydrogen (secondary N) is 1. The van der Waals surface area contributed by atoms with Crippen LogP contribution in [0.3, 0.4) is 0 Å². The third-order valence-electron chi connectivity index (χ3n) is 3.87. The Labute approximate surface area is 113 Å². The molecule has 0 heterocycles. The molecule has 0 aromatic heterocycles. The van der Waals surface area contributed by atoms with E-state index in [2.05, 4.69) is 12.2 Å². The van der Waals surface area contributed by atoms with Gasteiger partial charge in [-0.2, -0.15) is 0 Å². The van der Waals surface area contributed by atoms with E-state index in [0.29, 0.717) is 11.2 Å². The van der Waals surface area contributed by atoms with Crippen molar-refractivity contribution >= 4 is 11.4 Å². The van der Waals surface area contributed by atoms with Crippen LogP contribution in [0.15, 0.2) is 18.2 Å². The highest BCUT2D eigenvalue weighted by atomic mass is 16.6. The molecule has 1 aliphatic carbocycles. The van der Waals surface area contributed by atoms with Crippen LogP contribution >= 0.6 is 0 Å². The molecule has 1 aliphatic rings. The Hall–Kier alpha value is -1.78. The molecule has 5 heteroatoms. The highest BCUT2D eigenvalue weighted by Gasteiger charge is 2.28. The van der Waals surface area contributed by atoms with Crippen molar-refractivity contribution in [2.45, 2.75) is 32.6 Å². The van der Waals surface area contributed by atoms with E-state index in [9.17, 15) is 10.1 Å². The first-order valence-corrected chi connectivity index (χ1v) is 6.60. The minimum absolute atomic E-state index is 0.0541. The summed E-state index contributed by atoms with van der Waals surface area (Å²) in [6.07, 6.45) is 4.98. The van der Waals surface area contributed by atoms with Crippen molar-refractivity contribution in [3.8, 4) is 5.75 Å². The van der Waals surface area contributed by atoms with E-state index in [1.54, 1.807) is 12.1 Å². The summed E-state index contributed by atoms with van der Waals surface area (Å²) >= 11 is 0. The van der Waals surface area contributed by atoms with E-state index in [0.717, 1.165) is 12.2 Å². The molecule has 0 atom stereocenters. The molecule has 1 aromatic rings. The Bertz CT molecular complexity index is 468. The summed E-state index contributed by atoms with van der Waals surface area (Å²) in [5.41, 5.74) is 1.11. The van der Waals surface area contributed by atoms with Crippen molar-refractivity contribution in [2.75, 3.05) is 19.0 Å². The fraction of sp³-hybridized carbons (Fsp3) is 0.571. The van der Waals surface area contributed by atoms with Gasteiger partial charge in [0.2, 0.25) is 0 Å². The van der Waals surface area contributed by atoms with Crippen LogP contribution in [-0.4, -0.2) is 18.6 Å². The van der Waals surface area contributed by atoms with E-state index < -0.39 is 4.92 Å². The van der Waals surface area contributed by atoms with Gasteiger partial charge in [0, 0.05) is 24.4 Å². The smallest absolute Gasteiger partial charge is 0.275 e. The molecular weight excluding hydrogens is 244 g/mol. The number of benzene rings is 1. The van der Waals surface area contributed by atoms with Crippen LogP contribution in [0.5, 0.6) is 5.75 Å². The van der Waals surface area contributed by atoms with Crippen LogP contribution in [0.4, 0.5) is 11.4 Å². The van der Waals surface area contributed by atoms with Crippen molar-refractivity contribution in [2.24, 2.45) is 5.41 Å². The lowest BCUT2D eigenvalue weighted by atomic mass is 9.89. The highest BCUT2D eigenvalue weighted by Crippen LogP contribution is 2.38. The van der Waals surface area contributed by atoms with Crippen molar-refractivity contribution in [3.05, 3.63) is 28.3 Å². The number of nitro benzene ring substituents is 1. The molecule has 0 aliphatic heterocycles. The number of anilines is 1. The lowest BCUT2D eigenvalue weighted by Gasteiger charge is -2.24. The van der Waals surface area contributed by atoms with Gasteiger partial charge in [0.25, 0.3) is 5.69 Å². The summed E-state index contributed by atoms with van der Waals surface area (Å²) in [6, 6.07) is 4.79. The maximum absolute atomic E-state index is 10.9. The summed E-state index contributed by atoms with van der Waals surface area (Å²) < 4.78 is 5.10. The summed E-state index contributed by atoms with van der Waals surface area (Å²) in [6.45, 7) is 3.11. The van der Waals surface area contributed by atoms with E-state index in [-0.39, 0.29) is 5.69 Å². The molecule has 0 bridgehead atoms. The van der Waals surface area contributed by atoms with Gasteiger partial charge in [-0.15, -0.1) is 0 Å². The average Bonchev–Trinajstić information content (AvgIpc) is 2.83. The van der Waals surface area contributed by atoms with Crippen molar-refractivity contribution in [1.82, 2.24) is 0 Å². The zero-order chi connectivity index (χ0) is 13.9. The largest absolute Gasteiger partial charge is 0.496 e. The molecule has 0 amide bonds. The van der Waals surface area contributed by atoms with Gasteiger partial charge < -0.3 is 10.1 Å². The summed E-state index contributed by atoms with van der Waals surface area (Å²) in [5.74, 6) is 0.508. The maximum atomic E-state index is 10.9. The fourth-order valence-electron chi connectivity index (χ4n) is 2.63. The fourth-order valence-corrected chi connectivity index (χ4v) is 2.63. The predicted molar refractivity (Wildman–Crippen MR) is 74.7 cm³/mol. The van der Waals surface area contributed by atoms with Gasteiger partial charge in [-0.25, -0.2) is 0 Å². The minimum Gasteiger partial charge on any atom is -0.496 e. The minimum atomic E-state index is -0.398. The van der Waals surface area contributed by atoms with Crippen LogP contribution < -0.4 is 10.1 Å². The standard InChI is InChI=1S/C14H20N2O3/c1-14(5-3-4-6-14)10-15-11-7-12(16(17)18)9-13(8-11)19-2/h7-9,15H,3-6,10H2,1-2H3. The van der Waals surface area contributed by atoms with E-state index in [1.807, 2.05) is 0 Å². The third-order valence-corrected chi connectivity index (χ3v) is 3.87. The van der Waals surface area contributed by atoms with Crippen LogP contribution in [-0.2, 0) is 0 Å². The normalized spacial score (nSPS) is 17.2. The zero-order valence-electron chi connectivity index (χ0n) is 11.4. The first-order chi connectivity index (χ1) is 9.02. The van der Waals surface area contributed by atoms with Crippen molar-refractivity contribution in [3.63, 3.8) is 0 Å². The number of methoxy groups -OCH3 is 1. The Morgan fingerprint density at radius 3 is 2.63 bits per heavy atom. The van der Waals surface area contributed by atoms with Crippen molar-refractivity contribution in [1.29, 1.82) is 0 Å². The van der Waals surface area contributed by atoms with Gasteiger partial charge in [0.1, 0.15) is 5.75 Å². The lowest BCUT2D eigenvalue weighted by molar-refractivity contribution is -0.384. The number of nitrogens with zero attached hydrogens (tertiary/aromatic N) is 1. The van der Waals surface area contributed by atoms with Crippen LogP contribution in [0.25, 0.3) is 0 Å². The predicted octanol–water partition coefficient (Wildman–Crippen LogP) is 3.60. The molecular formula is C14H20N2O3. The topological polar surface area (TPSA) is 64.4 Å². The summed E-state index contributed by atoms with van der Waals surface area (Å²) in [7, 11) is 1.52. The number of nitro groups is 1. The van der Waals surface area contributed by atoms with Crippen LogP contribution in [0.1, 0.15) is 32.6 Å². The van der Waals surface area contributed by atoms with Crippen LogP contribution in [0, 0.1) is 15.5 Å². The van der Waals surface area contributed by atoms with E-state index in [1.165, 1.54) is 38.9 Å². The third kappa shape index (κ3) is 3.36. The van der Waals surface area contributed by atoms with Crippen molar-refractivity contribution < 1.29 is 9.66 Å². The van der Waals surface area contributed by atoms with Gasteiger partial charge in [0.05, 0.1) is 18.1 Å². The summed E-state index contributed by atoms with van der Waals surface area (Å²) in [5, 5.41) is 14.2. The Kier molecular flexibility index (Phi) is 3.93. The van der Waals surface area contributed by atoms with Gasteiger partial charge >= 0.3 is 0 Å². The van der Waals surface area contributed by atoms with Gasteiger partial charge in [-0.3, -0.25) is 10.1 Å². The summed E-state index contributed by atoms with van der Waals surface area (Å²) in [4.78, 5) is 10.5. The average molecular weight is 264 g/mol.